The molecular formula is C24H26N6O4. The Morgan fingerprint density at radius 2 is 2.09 bits per heavy atom. The Morgan fingerprint density at radius 1 is 1.24 bits per heavy atom. The van der Waals surface area contributed by atoms with E-state index in [1.165, 1.54) is 10.9 Å². The van der Waals surface area contributed by atoms with E-state index in [1.807, 2.05) is 45.0 Å². The van der Waals surface area contributed by atoms with Gasteiger partial charge in [0.15, 0.2) is 5.82 Å². The predicted molar refractivity (Wildman–Crippen MR) is 125 cm³/mol. The van der Waals surface area contributed by atoms with Gasteiger partial charge in [-0.15, -0.1) is 0 Å². The largest absolute Gasteiger partial charge is 0.439 e. The van der Waals surface area contributed by atoms with Crippen LogP contribution in [0.5, 0.6) is 11.6 Å². The first-order chi connectivity index (χ1) is 16.3. The molecule has 0 unspecified atom stereocenters. The third kappa shape index (κ3) is 4.02. The van der Waals surface area contributed by atoms with Crippen molar-refractivity contribution in [2.24, 2.45) is 0 Å². The lowest BCUT2D eigenvalue weighted by Gasteiger charge is -2.16. The van der Waals surface area contributed by atoms with Gasteiger partial charge in [-0.3, -0.25) is 9.88 Å². The smallest absolute Gasteiger partial charge is 0.331 e. The maximum Gasteiger partial charge on any atom is 0.331 e. The Morgan fingerprint density at radius 3 is 2.88 bits per heavy atom. The Kier molecular flexibility index (Phi) is 5.54. The highest BCUT2D eigenvalue weighted by Crippen LogP contribution is 2.32. The third-order valence-electron chi connectivity index (χ3n) is 5.67. The maximum atomic E-state index is 13.1. The van der Waals surface area contributed by atoms with Crippen LogP contribution >= 0.6 is 0 Å². The Bertz CT molecular complexity index is 1370. The summed E-state index contributed by atoms with van der Waals surface area (Å²) in [7, 11) is 1.59. The second kappa shape index (κ2) is 8.54. The quantitative estimate of drug-likeness (QED) is 0.450. The summed E-state index contributed by atoms with van der Waals surface area (Å²) >= 11 is 0. The zero-order valence-corrected chi connectivity index (χ0v) is 19.5. The summed E-state index contributed by atoms with van der Waals surface area (Å²) in [5.74, 6) is 2.20. The van der Waals surface area contributed by atoms with Crippen molar-refractivity contribution < 1.29 is 18.8 Å². The number of amides is 1. The average Bonchev–Trinajstić information content (AvgIpc) is 3.52. The van der Waals surface area contributed by atoms with E-state index in [1.54, 1.807) is 13.3 Å². The number of hydrogen-bond acceptors (Lipinski definition) is 8. The van der Waals surface area contributed by atoms with Gasteiger partial charge in [0, 0.05) is 37.2 Å². The van der Waals surface area contributed by atoms with Gasteiger partial charge >= 0.3 is 6.03 Å². The van der Waals surface area contributed by atoms with E-state index in [0.717, 1.165) is 27.7 Å². The number of methoxy groups -OCH3 is 1. The fraction of sp³-hybridized carbons (Fsp3) is 0.333. The number of rotatable bonds is 5. The molecule has 10 heteroatoms. The molecule has 0 saturated carbocycles. The van der Waals surface area contributed by atoms with Crippen LogP contribution in [-0.4, -0.2) is 32.8 Å². The second-order valence-corrected chi connectivity index (χ2v) is 9.17. The zero-order valence-electron chi connectivity index (χ0n) is 19.5. The van der Waals surface area contributed by atoms with Crippen LogP contribution < -0.4 is 15.4 Å². The van der Waals surface area contributed by atoms with Crippen molar-refractivity contribution in [2.45, 2.75) is 45.9 Å². The Balaban J connectivity index is 1.39. The van der Waals surface area contributed by atoms with Crippen molar-refractivity contribution in [3.8, 4) is 11.6 Å². The topological polar surface area (TPSA) is 116 Å². The SMILES string of the molecule is COCc1c(NC(=O)n2ccc3cc(Oc4ncnc5c4CNC5)ccc32)noc1C(C)(C)C. The number of carbonyl (C=O) groups is 1. The number of fused-ring (bicyclic) bond motifs is 2. The van der Waals surface area contributed by atoms with Crippen LogP contribution in [0.15, 0.2) is 41.3 Å². The monoisotopic (exact) mass is 462 g/mol. The molecule has 0 bridgehead atoms. The molecule has 34 heavy (non-hydrogen) atoms. The van der Waals surface area contributed by atoms with Crippen molar-refractivity contribution in [1.82, 2.24) is 25.0 Å². The minimum atomic E-state index is -0.352. The maximum absolute atomic E-state index is 13.1. The van der Waals surface area contributed by atoms with E-state index in [9.17, 15) is 4.79 Å². The van der Waals surface area contributed by atoms with E-state index >= 15 is 0 Å². The molecule has 4 heterocycles. The Hall–Kier alpha value is -3.76. The lowest BCUT2D eigenvalue weighted by Crippen LogP contribution is -2.20. The number of nitrogens with one attached hydrogen (secondary N) is 2. The fourth-order valence-electron chi connectivity index (χ4n) is 4.06. The highest BCUT2D eigenvalue weighted by Gasteiger charge is 2.28. The number of anilines is 1. The van der Waals surface area contributed by atoms with Crippen molar-refractivity contribution in [3.05, 3.63) is 59.4 Å². The van der Waals surface area contributed by atoms with Gasteiger partial charge in [-0.1, -0.05) is 25.9 Å². The standard InChI is InChI=1S/C24H26N6O4/c1-24(2,3)20-17(12-32-4)21(29-34-20)28-23(31)30-8-7-14-9-15(5-6-19(14)30)33-22-16-10-25-11-18(16)26-13-27-22/h5-9,13,25H,10-12H2,1-4H3,(H,28,29,31). The van der Waals surface area contributed by atoms with Crippen LogP contribution in [0.25, 0.3) is 10.9 Å². The van der Waals surface area contributed by atoms with E-state index in [2.05, 4.69) is 25.8 Å². The fourth-order valence-corrected chi connectivity index (χ4v) is 4.06. The van der Waals surface area contributed by atoms with E-state index in [-0.39, 0.29) is 18.1 Å². The van der Waals surface area contributed by atoms with Crippen LogP contribution in [0.2, 0.25) is 0 Å². The molecule has 0 saturated heterocycles. The van der Waals surface area contributed by atoms with Gasteiger partial charge in [-0.2, -0.15) is 0 Å². The molecule has 3 aromatic heterocycles. The molecule has 5 rings (SSSR count). The molecule has 1 amide bonds. The lowest BCUT2D eigenvalue weighted by atomic mass is 9.90. The first-order valence-electron chi connectivity index (χ1n) is 11.0. The number of ether oxygens (including phenoxy) is 2. The molecule has 1 aromatic carbocycles. The highest BCUT2D eigenvalue weighted by atomic mass is 16.5. The molecule has 0 atom stereocenters. The summed E-state index contributed by atoms with van der Waals surface area (Å²) in [5.41, 5.74) is 3.09. The van der Waals surface area contributed by atoms with Crippen molar-refractivity contribution in [3.63, 3.8) is 0 Å². The Labute approximate surface area is 196 Å². The van der Waals surface area contributed by atoms with Crippen molar-refractivity contribution in [1.29, 1.82) is 0 Å². The van der Waals surface area contributed by atoms with Gasteiger partial charge in [0.1, 0.15) is 17.8 Å². The number of nitrogens with zero attached hydrogens (tertiary/aromatic N) is 4. The summed E-state index contributed by atoms with van der Waals surface area (Å²) in [5, 5.41) is 11.0. The normalized spacial score (nSPS) is 13.3. The molecule has 176 valence electrons. The van der Waals surface area contributed by atoms with Crippen molar-refractivity contribution in [2.75, 3.05) is 12.4 Å². The van der Waals surface area contributed by atoms with Crippen LogP contribution in [0, 0.1) is 0 Å². The minimum Gasteiger partial charge on any atom is -0.439 e. The van der Waals surface area contributed by atoms with E-state index in [4.69, 9.17) is 14.0 Å². The second-order valence-electron chi connectivity index (χ2n) is 9.17. The molecule has 0 aliphatic carbocycles. The van der Waals surface area contributed by atoms with Crippen LogP contribution in [0.3, 0.4) is 0 Å². The summed E-state index contributed by atoms with van der Waals surface area (Å²) in [6, 6.07) is 7.03. The number of hydrogen-bond donors (Lipinski definition) is 2. The average molecular weight is 463 g/mol. The van der Waals surface area contributed by atoms with Gasteiger partial charge in [0.25, 0.3) is 0 Å². The molecule has 0 spiro atoms. The summed E-state index contributed by atoms with van der Waals surface area (Å²) in [4.78, 5) is 21.6. The zero-order chi connectivity index (χ0) is 23.9. The van der Waals surface area contributed by atoms with Gasteiger partial charge in [0.2, 0.25) is 5.88 Å². The van der Waals surface area contributed by atoms with Gasteiger partial charge in [-0.05, 0) is 24.3 Å². The van der Waals surface area contributed by atoms with E-state index in [0.29, 0.717) is 36.3 Å². The molecule has 10 nitrogen and oxygen atoms in total. The number of carbonyl (C=O) groups excluding carboxylic acids is 1. The van der Waals surface area contributed by atoms with Gasteiger partial charge < -0.3 is 19.3 Å². The van der Waals surface area contributed by atoms with E-state index < -0.39 is 0 Å². The molecule has 1 aliphatic heterocycles. The first-order valence-corrected chi connectivity index (χ1v) is 11.0. The molecule has 2 N–H and O–H groups in total. The number of aromatic nitrogens is 4. The summed E-state index contributed by atoms with van der Waals surface area (Å²) in [6.45, 7) is 7.71. The highest BCUT2D eigenvalue weighted by molar-refractivity contribution is 5.98. The summed E-state index contributed by atoms with van der Waals surface area (Å²) < 4.78 is 18.4. The molecule has 4 aromatic rings. The van der Waals surface area contributed by atoms with Crippen LogP contribution in [0.1, 0.15) is 43.4 Å². The molecular weight excluding hydrogens is 436 g/mol. The van der Waals surface area contributed by atoms with Crippen LogP contribution in [-0.2, 0) is 29.8 Å². The molecule has 0 fully saturated rings. The van der Waals surface area contributed by atoms with Gasteiger partial charge in [-0.25, -0.2) is 14.8 Å². The molecule has 0 radical (unpaired) electrons. The number of benzene rings is 1. The third-order valence-corrected chi connectivity index (χ3v) is 5.67. The predicted octanol–water partition coefficient (Wildman–Crippen LogP) is 4.34. The molecule has 1 aliphatic rings. The van der Waals surface area contributed by atoms with Gasteiger partial charge in [0.05, 0.1) is 28.9 Å². The minimum absolute atomic E-state index is 0.278. The lowest BCUT2D eigenvalue weighted by molar-refractivity contribution is 0.181. The first kappa shape index (κ1) is 22.1. The summed E-state index contributed by atoms with van der Waals surface area (Å²) in [6.07, 6.45) is 3.21. The van der Waals surface area contributed by atoms with Crippen LogP contribution in [0.4, 0.5) is 10.6 Å². The van der Waals surface area contributed by atoms with Crippen molar-refractivity contribution >= 4 is 22.8 Å².